The fraction of sp³-hybridized carbons (Fsp3) is 0.556. The number of aromatic amines is 1. The smallest absolute Gasteiger partial charge is 0.318 e. The van der Waals surface area contributed by atoms with Crippen molar-refractivity contribution in [3.05, 3.63) is 35.2 Å². The lowest BCUT2D eigenvalue weighted by Gasteiger charge is -2.37. The van der Waals surface area contributed by atoms with Crippen LogP contribution in [0.3, 0.4) is 0 Å². The predicted octanol–water partition coefficient (Wildman–Crippen LogP) is 2.39. The van der Waals surface area contributed by atoms with Crippen molar-refractivity contribution in [1.82, 2.24) is 30.4 Å². The number of hydrogen-bond donors (Lipinski definition) is 2. The number of piperazine rings is 1. The van der Waals surface area contributed by atoms with Gasteiger partial charge in [0.1, 0.15) is 12.4 Å². The third-order valence-corrected chi connectivity index (χ3v) is 8.11. The van der Waals surface area contributed by atoms with Crippen LogP contribution in [0.1, 0.15) is 36.1 Å². The van der Waals surface area contributed by atoms with Gasteiger partial charge in [-0.05, 0) is 51.4 Å². The van der Waals surface area contributed by atoms with Crippen LogP contribution >= 0.6 is 0 Å². The highest BCUT2D eigenvalue weighted by atomic mass is 16.5. The van der Waals surface area contributed by atoms with E-state index in [1.165, 1.54) is 23.2 Å². The van der Waals surface area contributed by atoms with Gasteiger partial charge in [-0.2, -0.15) is 20.3 Å². The van der Waals surface area contributed by atoms with Gasteiger partial charge in [-0.15, -0.1) is 0 Å². The predicted molar refractivity (Wildman–Crippen MR) is 143 cm³/mol. The van der Waals surface area contributed by atoms with E-state index in [-0.39, 0.29) is 6.04 Å². The monoisotopic (exact) mass is 501 g/mol. The van der Waals surface area contributed by atoms with Gasteiger partial charge in [-0.3, -0.25) is 5.10 Å². The van der Waals surface area contributed by atoms with Gasteiger partial charge in [-0.25, -0.2) is 0 Å². The van der Waals surface area contributed by atoms with Crippen LogP contribution in [0, 0.1) is 18.3 Å². The summed E-state index contributed by atoms with van der Waals surface area (Å²) in [6.45, 7) is 7.90. The first-order valence-electron chi connectivity index (χ1n) is 13.4. The van der Waals surface area contributed by atoms with Crippen molar-refractivity contribution in [3.8, 4) is 12.1 Å². The number of fused-ring (bicyclic) bond motifs is 2. The molecular weight excluding hydrogens is 466 g/mol. The van der Waals surface area contributed by atoms with Gasteiger partial charge >= 0.3 is 6.01 Å². The standard InChI is InChI=1S/C27H35N9O/c1-18-5-6-23-22(14-30-33-23)25(18)35-12-8-21-24(16-35)31-27(37-17-20-4-3-11-34(20)2)32-26(21)36-13-10-29-19(15-36)7-9-28/h5-6,14,19-20,29H,3-4,7-8,10-13,15-17H2,1-2H3,(H,30,33). The molecule has 5 heterocycles. The Morgan fingerprint density at radius 3 is 2.95 bits per heavy atom. The first-order chi connectivity index (χ1) is 18.1. The number of benzene rings is 1. The maximum absolute atomic E-state index is 9.26. The second-order valence-electron chi connectivity index (χ2n) is 10.5. The second kappa shape index (κ2) is 10.1. The average Bonchev–Trinajstić information content (AvgIpc) is 3.55. The molecule has 0 aliphatic carbocycles. The summed E-state index contributed by atoms with van der Waals surface area (Å²) in [5, 5.41) is 21.3. The number of likely N-dealkylation sites (tertiary alicyclic amines) is 1. The highest BCUT2D eigenvalue weighted by molar-refractivity contribution is 5.93. The molecule has 0 spiro atoms. The number of nitrogens with one attached hydrogen (secondary N) is 2. The molecule has 6 rings (SSSR count). The molecule has 2 unspecified atom stereocenters. The SMILES string of the molecule is Cc1ccc2[nH]ncc2c1N1CCc2c(nc(OCC3CCCN3C)nc2N2CCNC(CC#N)C2)C1. The van der Waals surface area contributed by atoms with Gasteiger partial charge in [0, 0.05) is 49.2 Å². The van der Waals surface area contributed by atoms with Crippen LogP contribution in [0.25, 0.3) is 10.9 Å². The van der Waals surface area contributed by atoms with Crippen LogP contribution in [0.4, 0.5) is 11.5 Å². The average molecular weight is 502 g/mol. The molecule has 2 N–H and O–H groups in total. The first kappa shape index (κ1) is 23.9. The van der Waals surface area contributed by atoms with E-state index in [2.05, 4.69) is 62.4 Å². The minimum atomic E-state index is 0.141. The Balaban J connectivity index is 1.33. The van der Waals surface area contributed by atoms with E-state index in [9.17, 15) is 5.26 Å². The van der Waals surface area contributed by atoms with Gasteiger partial charge in [0.25, 0.3) is 0 Å². The lowest BCUT2D eigenvalue weighted by atomic mass is 10.0. The van der Waals surface area contributed by atoms with Crippen LogP contribution < -0.4 is 19.9 Å². The van der Waals surface area contributed by atoms with Gasteiger partial charge in [-0.1, -0.05) is 6.07 Å². The topological polar surface area (TPSA) is 109 Å². The minimum absolute atomic E-state index is 0.141. The molecule has 0 saturated carbocycles. The Hall–Kier alpha value is -3.42. The number of hydrogen-bond acceptors (Lipinski definition) is 9. The Morgan fingerprint density at radius 2 is 2.11 bits per heavy atom. The number of anilines is 2. The lowest BCUT2D eigenvalue weighted by Crippen LogP contribution is -2.51. The van der Waals surface area contributed by atoms with Crippen LogP contribution in [0.2, 0.25) is 0 Å². The van der Waals surface area contributed by atoms with E-state index < -0.39 is 0 Å². The van der Waals surface area contributed by atoms with Crippen molar-refractivity contribution in [3.63, 3.8) is 0 Å². The van der Waals surface area contributed by atoms with Crippen LogP contribution in [-0.2, 0) is 13.0 Å². The lowest BCUT2D eigenvalue weighted by molar-refractivity contribution is 0.187. The molecule has 10 nitrogen and oxygen atoms in total. The zero-order valence-electron chi connectivity index (χ0n) is 21.7. The zero-order chi connectivity index (χ0) is 25.4. The summed E-state index contributed by atoms with van der Waals surface area (Å²) < 4.78 is 6.26. The molecule has 37 heavy (non-hydrogen) atoms. The Bertz CT molecular complexity index is 1320. The molecule has 0 radical (unpaired) electrons. The third-order valence-electron chi connectivity index (χ3n) is 8.11. The fourth-order valence-electron chi connectivity index (χ4n) is 6.06. The molecule has 10 heteroatoms. The number of rotatable bonds is 6. The molecule has 3 aliphatic heterocycles. The second-order valence-corrected chi connectivity index (χ2v) is 10.5. The van der Waals surface area contributed by atoms with Crippen LogP contribution in [0.5, 0.6) is 6.01 Å². The molecule has 1 aromatic carbocycles. The number of H-pyrrole nitrogens is 1. The molecule has 0 bridgehead atoms. The Kier molecular flexibility index (Phi) is 6.57. The minimum Gasteiger partial charge on any atom is -0.462 e. The van der Waals surface area contributed by atoms with Gasteiger partial charge in [0.15, 0.2) is 0 Å². The Morgan fingerprint density at radius 1 is 1.19 bits per heavy atom. The summed E-state index contributed by atoms with van der Waals surface area (Å²) in [5.74, 6) is 0.974. The molecule has 2 saturated heterocycles. The molecule has 194 valence electrons. The molecule has 2 fully saturated rings. The van der Waals surface area contributed by atoms with E-state index in [4.69, 9.17) is 14.7 Å². The molecular formula is C27H35N9O. The number of ether oxygens (including phenoxy) is 1. The number of aryl methyl sites for hydroxylation is 1. The number of likely N-dealkylation sites (N-methyl/N-ethyl adjacent to an activating group) is 1. The van der Waals surface area contributed by atoms with E-state index >= 15 is 0 Å². The number of aromatic nitrogens is 4. The third kappa shape index (κ3) is 4.69. The quantitative estimate of drug-likeness (QED) is 0.526. The van der Waals surface area contributed by atoms with Gasteiger partial charge in [0.05, 0.1) is 42.1 Å². The van der Waals surface area contributed by atoms with E-state index in [1.807, 2.05) is 6.20 Å². The zero-order valence-corrected chi connectivity index (χ0v) is 21.7. The normalized spacial score (nSPS) is 22.3. The first-order valence-corrected chi connectivity index (χ1v) is 13.4. The van der Waals surface area contributed by atoms with Crippen molar-refractivity contribution in [2.75, 3.05) is 56.2 Å². The highest BCUT2D eigenvalue weighted by Crippen LogP contribution is 2.35. The summed E-state index contributed by atoms with van der Waals surface area (Å²) in [7, 11) is 2.16. The summed E-state index contributed by atoms with van der Waals surface area (Å²) in [6.07, 6.45) is 5.61. The number of nitrogens with zero attached hydrogens (tertiary/aromatic N) is 7. The van der Waals surface area contributed by atoms with E-state index in [0.717, 1.165) is 68.0 Å². The Labute approximate surface area is 217 Å². The molecule has 0 amide bonds. The highest BCUT2D eigenvalue weighted by Gasteiger charge is 2.30. The van der Waals surface area contributed by atoms with Crippen molar-refractivity contribution >= 4 is 22.4 Å². The number of nitriles is 1. The van der Waals surface area contributed by atoms with E-state index in [1.54, 1.807) is 0 Å². The summed E-state index contributed by atoms with van der Waals surface area (Å²) in [6, 6.07) is 7.56. The van der Waals surface area contributed by atoms with Crippen molar-refractivity contribution in [2.24, 2.45) is 0 Å². The summed E-state index contributed by atoms with van der Waals surface area (Å²) in [4.78, 5) is 17.0. The van der Waals surface area contributed by atoms with E-state index in [0.29, 0.717) is 31.6 Å². The summed E-state index contributed by atoms with van der Waals surface area (Å²) in [5.41, 5.74) is 5.72. The molecule has 2 aromatic heterocycles. The fourth-order valence-corrected chi connectivity index (χ4v) is 6.06. The van der Waals surface area contributed by atoms with Crippen molar-refractivity contribution in [1.29, 1.82) is 5.26 Å². The van der Waals surface area contributed by atoms with Crippen LogP contribution in [0.15, 0.2) is 18.3 Å². The molecule has 3 aromatic rings. The molecule has 3 aliphatic rings. The van der Waals surface area contributed by atoms with Gasteiger partial charge in [0.2, 0.25) is 0 Å². The van der Waals surface area contributed by atoms with Crippen LogP contribution in [-0.4, -0.2) is 83.5 Å². The maximum atomic E-state index is 9.26. The summed E-state index contributed by atoms with van der Waals surface area (Å²) >= 11 is 0. The van der Waals surface area contributed by atoms with Crippen molar-refractivity contribution < 1.29 is 4.74 Å². The maximum Gasteiger partial charge on any atom is 0.318 e. The van der Waals surface area contributed by atoms with Gasteiger partial charge < -0.3 is 24.8 Å². The molecule has 2 atom stereocenters. The largest absolute Gasteiger partial charge is 0.462 e. The van der Waals surface area contributed by atoms with Crippen molar-refractivity contribution in [2.45, 2.75) is 51.2 Å².